The van der Waals surface area contributed by atoms with Crippen molar-refractivity contribution >= 4 is 33.1 Å². The van der Waals surface area contributed by atoms with E-state index in [2.05, 4.69) is 20.9 Å². The molecule has 84 valence electrons. The Hall–Kier alpha value is -1.56. The first-order valence-electron chi connectivity index (χ1n) is 4.71. The maximum Gasteiger partial charge on any atom is 0.303 e. The molecule has 0 atom stereocenters. The molecule has 0 aromatic carbocycles. The van der Waals surface area contributed by atoms with Gasteiger partial charge in [0.05, 0.1) is 11.9 Å². The summed E-state index contributed by atoms with van der Waals surface area (Å²) in [5, 5.41) is 8.63. The van der Waals surface area contributed by atoms with Crippen LogP contribution in [-0.2, 0) is 11.2 Å². The van der Waals surface area contributed by atoms with Gasteiger partial charge < -0.3 is 15.2 Å². The topological polar surface area (TPSA) is 80.6 Å². The molecule has 2 rings (SSSR count). The molecule has 2 aromatic rings. The number of aromatic nitrogens is 2. The zero-order valence-electron chi connectivity index (χ0n) is 8.35. The lowest BCUT2D eigenvalue weighted by atomic mass is 10.3. The number of nitrogen functional groups attached to an aromatic ring is 1. The van der Waals surface area contributed by atoms with E-state index in [1.807, 2.05) is 10.5 Å². The van der Waals surface area contributed by atoms with Crippen LogP contribution in [0.2, 0.25) is 0 Å². The Morgan fingerprint density at radius 1 is 1.56 bits per heavy atom. The van der Waals surface area contributed by atoms with Gasteiger partial charge in [0, 0.05) is 18.3 Å². The van der Waals surface area contributed by atoms with Crippen LogP contribution in [0.1, 0.15) is 12.2 Å². The van der Waals surface area contributed by atoms with E-state index in [0.717, 1.165) is 5.52 Å². The van der Waals surface area contributed by atoms with Crippen LogP contribution in [0.25, 0.3) is 5.52 Å². The highest BCUT2D eigenvalue weighted by Crippen LogP contribution is 2.21. The second-order valence-corrected chi connectivity index (χ2v) is 4.18. The summed E-state index contributed by atoms with van der Waals surface area (Å²) in [4.78, 5) is 14.8. The van der Waals surface area contributed by atoms with Gasteiger partial charge in [-0.25, -0.2) is 4.98 Å². The van der Waals surface area contributed by atoms with Crippen molar-refractivity contribution < 1.29 is 9.90 Å². The lowest BCUT2D eigenvalue weighted by molar-refractivity contribution is -0.137. The first-order valence-corrected chi connectivity index (χ1v) is 5.51. The zero-order chi connectivity index (χ0) is 11.7. The SMILES string of the molecule is Nc1ccc2c(Br)nc(CCC(=O)O)n2c1. The molecule has 0 saturated carbocycles. The average molecular weight is 284 g/mol. The van der Waals surface area contributed by atoms with Crippen LogP contribution in [0.3, 0.4) is 0 Å². The molecule has 0 radical (unpaired) electrons. The number of anilines is 1. The second kappa shape index (κ2) is 4.13. The number of rotatable bonds is 3. The third-order valence-electron chi connectivity index (χ3n) is 2.25. The first-order chi connectivity index (χ1) is 7.58. The molecule has 0 bridgehead atoms. The number of halogens is 1. The van der Waals surface area contributed by atoms with E-state index < -0.39 is 5.97 Å². The van der Waals surface area contributed by atoms with E-state index in [1.165, 1.54) is 0 Å². The minimum absolute atomic E-state index is 0.0559. The molecular weight excluding hydrogens is 274 g/mol. The van der Waals surface area contributed by atoms with Gasteiger partial charge in [0.2, 0.25) is 0 Å². The van der Waals surface area contributed by atoms with Crippen molar-refractivity contribution in [1.29, 1.82) is 0 Å². The van der Waals surface area contributed by atoms with E-state index in [9.17, 15) is 4.79 Å². The third-order valence-corrected chi connectivity index (χ3v) is 2.83. The number of aliphatic carboxylic acids is 1. The number of carbonyl (C=O) groups is 1. The summed E-state index contributed by atoms with van der Waals surface area (Å²) in [5.41, 5.74) is 7.18. The number of carboxylic acids is 1. The van der Waals surface area contributed by atoms with Gasteiger partial charge in [0.25, 0.3) is 0 Å². The molecule has 0 aliphatic carbocycles. The highest BCUT2D eigenvalue weighted by atomic mass is 79.9. The van der Waals surface area contributed by atoms with E-state index in [0.29, 0.717) is 22.5 Å². The van der Waals surface area contributed by atoms with Crippen molar-refractivity contribution in [2.45, 2.75) is 12.8 Å². The summed E-state index contributed by atoms with van der Waals surface area (Å²) in [5.74, 6) is -0.145. The number of imidazole rings is 1. The first kappa shape index (κ1) is 10.9. The average Bonchev–Trinajstić information content (AvgIpc) is 2.52. The molecule has 0 spiro atoms. The van der Waals surface area contributed by atoms with Crippen LogP contribution in [0.5, 0.6) is 0 Å². The van der Waals surface area contributed by atoms with Crippen LogP contribution >= 0.6 is 15.9 Å². The van der Waals surface area contributed by atoms with E-state index in [4.69, 9.17) is 10.8 Å². The number of pyridine rings is 1. The Morgan fingerprint density at radius 2 is 2.31 bits per heavy atom. The van der Waals surface area contributed by atoms with E-state index in [1.54, 1.807) is 12.3 Å². The Bertz CT molecular complexity index is 550. The fourth-order valence-electron chi connectivity index (χ4n) is 1.52. The monoisotopic (exact) mass is 283 g/mol. The molecular formula is C10H10BrN3O2. The number of aryl methyl sites for hydroxylation is 1. The highest BCUT2D eigenvalue weighted by Gasteiger charge is 2.10. The van der Waals surface area contributed by atoms with Crippen molar-refractivity contribution in [2.75, 3.05) is 5.73 Å². The number of nitrogens with two attached hydrogens (primary N) is 1. The van der Waals surface area contributed by atoms with Gasteiger partial charge in [-0.2, -0.15) is 0 Å². The number of nitrogens with zero attached hydrogens (tertiary/aromatic N) is 2. The Labute approximate surface area is 100 Å². The van der Waals surface area contributed by atoms with Crippen LogP contribution in [0.4, 0.5) is 5.69 Å². The Kier molecular flexibility index (Phi) is 2.82. The predicted octanol–water partition coefficient (Wildman–Crippen LogP) is 1.70. The van der Waals surface area contributed by atoms with Gasteiger partial charge in [0.1, 0.15) is 10.4 Å². The van der Waals surface area contributed by atoms with Crippen molar-refractivity contribution in [2.24, 2.45) is 0 Å². The summed E-state index contributed by atoms with van der Waals surface area (Å²) in [6.07, 6.45) is 2.18. The molecule has 2 aromatic heterocycles. The predicted molar refractivity (Wildman–Crippen MR) is 63.3 cm³/mol. The lowest BCUT2D eigenvalue weighted by Gasteiger charge is -2.00. The van der Waals surface area contributed by atoms with Gasteiger partial charge in [-0.05, 0) is 28.1 Å². The summed E-state index contributed by atoms with van der Waals surface area (Å²) >= 11 is 3.33. The van der Waals surface area contributed by atoms with Crippen molar-refractivity contribution in [3.8, 4) is 0 Å². The largest absolute Gasteiger partial charge is 0.481 e. The van der Waals surface area contributed by atoms with Crippen molar-refractivity contribution in [3.05, 3.63) is 28.8 Å². The van der Waals surface area contributed by atoms with Crippen LogP contribution in [0.15, 0.2) is 22.9 Å². The van der Waals surface area contributed by atoms with Gasteiger partial charge >= 0.3 is 5.97 Å². The highest BCUT2D eigenvalue weighted by molar-refractivity contribution is 9.10. The fourth-order valence-corrected chi connectivity index (χ4v) is 2.05. The summed E-state index contributed by atoms with van der Waals surface area (Å²) in [6.45, 7) is 0. The van der Waals surface area contributed by atoms with E-state index in [-0.39, 0.29) is 6.42 Å². The second-order valence-electron chi connectivity index (χ2n) is 3.43. The van der Waals surface area contributed by atoms with Crippen molar-refractivity contribution in [1.82, 2.24) is 9.38 Å². The molecule has 0 unspecified atom stereocenters. The molecule has 5 nitrogen and oxygen atoms in total. The zero-order valence-corrected chi connectivity index (χ0v) is 9.94. The molecule has 0 saturated heterocycles. The van der Waals surface area contributed by atoms with Gasteiger partial charge in [-0.3, -0.25) is 4.79 Å². The smallest absolute Gasteiger partial charge is 0.303 e. The molecule has 0 aliphatic rings. The number of hydrogen-bond donors (Lipinski definition) is 2. The molecule has 0 amide bonds. The van der Waals surface area contributed by atoms with Gasteiger partial charge in [-0.1, -0.05) is 0 Å². The molecule has 0 aliphatic heterocycles. The summed E-state index contributed by atoms with van der Waals surface area (Å²) in [6, 6.07) is 3.62. The van der Waals surface area contributed by atoms with Crippen LogP contribution in [0, 0.1) is 0 Å². The number of carboxylic acid groups (broad SMARTS) is 1. The lowest BCUT2D eigenvalue weighted by Crippen LogP contribution is -2.02. The Balaban J connectivity index is 2.44. The van der Waals surface area contributed by atoms with Crippen LogP contribution in [-0.4, -0.2) is 20.5 Å². The van der Waals surface area contributed by atoms with E-state index >= 15 is 0 Å². The molecule has 6 heteroatoms. The Morgan fingerprint density at radius 3 is 3.00 bits per heavy atom. The molecule has 3 N–H and O–H groups in total. The fraction of sp³-hybridized carbons (Fsp3) is 0.200. The quantitative estimate of drug-likeness (QED) is 0.898. The standard InChI is InChI=1S/C10H10BrN3O2/c11-10-7-2-1-6(12)5-14(7)8(13-10)3-4-9(15)16/h1-2,5H,3-4,12H2,(H,15,16). The van der Waals surface area contributed by atoms with Crippen molar-refractivity contribution in [3.63, 3.8) is 0 Å². The molecule has 16 heavy (non-hydrogen) atoms. The minimum atomic E-state index is -0.836. The summed E-state index contributed by atoms with van der Waals surface area (Å²) in [7, 11) is 0. The van der Waals surface area contributed by atoms with Gasteiger partial charge in [-0.15, -0.1) is 0 Å². The van der Waals surface area contributed by atoms with Crippen LogP contribution < -0.4 is 5.73 Å². The number of hydrogen-bond acceptors (Lipinski definition) is 3. The summed E-state index contributed by atoms with van der Waals surface area (Å²) < 4.78 is 2.51. The normalized spacial score (nSPS) is 10.8. The molecule has 2 heterocycles. The van der Waals surface area contributed by atoms with Gasteiger partial charge in [0.15, 0.2) is 0 Å². The molecule has 0 fully saturated rings. The number of fused-ring (bicyclic) bond motifs is 1. The maximum atomic E-state index is 10.5. The minimum Gasteiger partial charge on any atom is -0.481 e. The third kappa shape index (κ3) is 2.01. The maximum absolute atomic E-state index is 10.5.